The SMILES string of the molecule is COC(=O)c1nnc(-c2occc2C)o1. The molecule has 0 spiro atoms. The van der Waals surface area contributed by atoms with Gasteiger partial charge in [0.1, 0.15) is 0 Å². The van der Waals surface area contributed by atoms with Gasteiger partial charge in [-0.1, -0.05) is 0 Å². The summed E-state index contributed by atoms with van der Waals surface area (Å²) < 4.78 is 14.6. The Kier molecular flexibility index (Phi) is 2.24. The zero-order chi connectivity index (χ0) is 10.8. The van der Waals surface area contributed by atoms with Gasteiger partial charge in [-0.2, -0.15) is 0 Å². The lowest BCUT2D eigenvalue weighted by molar-refractivity contribution is 0.0556. The summed E-state index contributed by atoms with van der Waals surface area (Å²) >= 11 is 0. The van der Waals surface area contributed by atoms with Crippen molar-refractivity contribution in [3.05, 3.63) is 23.8 Å². The van der Waals surface area contributed by atoms with Crippen LogP contribution in [0, 0.1) is 6.92 Å². The maximum Gasteiger partial charge on any atom is 0.396 e. The molecule has 0 N–H and O–H groups in total. The van der Waals surface area contributed by atoms with Crippen molar-refractivity contribution in [1.82, 2.24) is 10.2 Å². The molecule has 0 aliphatic heterocycles. The molecular weight excluding hydrogens is 200 g/mol. The molecule has 78 valence electrons. The first-order valence-corrected chi connectivity index (χ1v) is 4.18. The molecule has 0 radical (unpaired) electrons. The predicted molar refractivity (Wildman–Crippen MR) is 48.1 cm³/mol. The van der Waals surface area contributed by atoms with Crippen molar-refractivity contribution < 1.29 is 18.4 Å². The number of methoxy groups -OCH3 is 1. The summed E-state index contributed by atoms with van der Waals surface area (Å²) in [6.07, 6.45) is 1.51. The molecular formula is C9H8N2O4. The summed E-state index contributed by atoms with van der Waals surface area (Å²) in [6, 6.07) is 1.76. The molecule has 2 aromatic heterocycles. The lowest BCUT2D eigenvalue weighted by Crippen LogP contribution is -2.00. The molecule has 2 rings (SSSR count). The topological polar surface area (TPSA) is 78.4 Å². The van der Waals surface area contributed by atoms with Gasteiger partial charge in [-0.25, -0.2) is 4.79 Å². The van der Waals surface area contributed by atoms with Crippen molar-refractivity contribution in [2.24, 2.45) is 0 Å². The number of carbonyl (C=O) groups is 1. The smallest absolute Gasteiger partial charge is 0.396 e. The number of nitrogens with zero attached hydrogens (tertiary/aromatic N) is 2. The van der Waals surface area contributed by atoms with Gasteiger partial charge in [-0.15, -0.1) is 10.2 Å². The van der Waals surface area contributed by atoms with Crippen molar-refractivity contribution in [1.29, 1.82) is 0 Å². The standard InChI is InChI=1S/C9H8N2O4/c1-5-3-4-14-6(5)7-10-11-8(15-7)9(12)13-2/h3-4H,1-2H3. The van der Waals surface area contributed by atoms with E-state index in [1.54, 1.807) is 6.07 Å². The maximum absolute atomic E-state index is 11.0. The van der Waals surface area contributed by atoms with Crippen LogP contribution in [0.25, 0.3) is 11.7 Å². The molecule has 0 aromatic carbocycles. The minimum atomic E-state index is -0.669. The van der Waals surface area contributed by atoms with Crippen molar-refractivity contribution >= 4 is 5.97 Å². The molecule has 0 saturated carbocycles. The molecule has 0 aliphatic carbocycles. The third-order valence-electron chi connectivity index (χ3n) is 1.84. The van der Waals surface area contributed by atoms with Crippen LogP contribution in [0.3, 0.4) is 0 Å². The van der Waals surface area contributed by atoms with Gasteiger partial charge in [0.2, 0.25) is 0 Å². The highest BCUT2D eigenvalue weighted by Crippen LogP contribution is 2.22. The molecule has 2 aromatic rings. The molecule has 0 saturated heterocycles. The lowest BCUT2D eigenvalue weighted by atomic mass is 10.3. The molecule has 15 heavy (non-hydrogen) atoms. The molecule has 0 unspecified atom stereocenters. The number of rotatable bonds is 2. The van der Waals surface area contributed by atoms with Gasteiger partial charge in [-0.3, -0.25) is 0 Å². The monoisotopic (exact) mass is 208 g/mol. The predicted octanol–water partition coefficient (Wildman–Crippen LogP) is 1.42. The molecule has 6 heteroatoms. The van der Waals surface area contributed by atoms with Gasteiger partial charge in [-0.05, 0) is 13.0 Å². The fourth-order valence-corrected chi connectivity index (χ4v) is 1.08. The van der Waals surface area contributed by atoms with Crippen LogP contribution in [0.4, 0.5) is 0 Å². The van der Waals surface area contributed by atoms with Crippen LogP contribution in [-0.4, -0.2) is 23.3 Å². The highest BCUT2D eigenvalue weighted by molar-refractivity contribution is 5.84. The van der Waals surface area contributed by atoms with Crippen molar-refractivity contribution in [3.63, 3.8) is 0 Å². The van der Waals surface area contributed by atoms with E-state index in [4.69, 9.17) is 8.83 Å². The zero-order valence-electron chi connectivity index (χ0n) is 8.18. The Morgan fingerprint density at radius 3 is 2.87 bits per heavy atom. The number of esters is 1. The molecule has 6 nitrogen and oxygen atoms in total. The van der Waals surface area contributed by atoms with Gasteiger partial charge < -0.3 is 13.6 Å². The van der Waals surface area contributed by atoms with Crippen molar-refractivity contribution in [2.45, 2.75) is 6.92 Å². The van der Waals surface area contributed by atoms with Crippen LogP contribution < -0.4 is 0 Å². The van der Waals surface area contributed by atoms with E-state index in [1.165, 1.54) is 13.4 Å². The molecule has 0 amide bonds. The van der Waals surface area contributed by atoms with E-state index in [-0.39, 0.29) is 11.8 Å². The minimum Gasteiger partial charge on any atom is -0.462 e. The molecule has 0 fully saturated rings. The van der Waals surface area contributed by atoms with Gasteiger partial charge in [0, 0.05) is 5.56 Å². The summed E-state index contributed by atoms with van der Waals surface area (Å²) in [6.45, 7) is 1.83. The van der Waals surface area contributed by atoms with Gasteiger partial charge in [0.05, 0.1) is 13.4 Å². The highest BCUT2D eigenvalue weighted by Gasteiger charge is 2.18. The van der Waals surface area contributed by atoms with Crippen LogP contribution in [0.15, 0.2) is 21.2 Å². The molecule has 0 bridgehead atoms. The van der Waals surface area contributed by atoms with Gasteiger partial charge in [0.15, 0.2) is 5.76 Å². The van der Waals surface area contributed by atoms with Crippen LogP contribution in [-0.2, 0) is 4.74 Å². The van der Waals surface area contributed by atoms with E-state index in [0.717, 1.165) is 5.56 Å². The Morgan fingerprint density at radius 2 is 2.27 bits per heavy atom. The Balaban J connectivity index is 2.36. The normalized spacial score (nSPS) is 10.3. The minimum absolute atomic E-state index is 0.165. The fraction of sp³-hybridized carbons (Fsp3) is 0.222. The molecule has 0 aliphatic rings. The Labute approximate surface area is 84.9 Å². The summed E-state index contributed by atoms with van der Waals surface area (Å²) in [5.74, 6) is -0.239. The number of aromatic nitrogens is 2. The van der Waals surface area contributed by atoms with Crippen molar-refractivity contribution in [2.75, 3.05) is 7.11 Å². The van der Waals surface area contributed by atoms with Crippen LogP contribution in [0.5, 0.6) is 0 Å². The van der Waals surface area contributed by atoms with E-state index in [2.05, 4.69) is 14.9 Å². The summed E-state index contributed by atoms with van der Waals surface area (Å²) in [5.41, 5.74) is 0.857. The molecule has 0 atom stereocenters. The summed E-state index contributed by atoms with van der Waals surface area (Å²) in [4.78, 5) is 11.0. The van der Waals surface area contributed by atoms with Crippen molar-refractivity contribution in [3.8, 4) is 11.7 Å². The highest BCUT2D eigenvalue weighted by atomic mass is 16.5. The summed E-state index contributed by atoms with van der Waals surface area (Å²) in [7, 11) is 1.24. The maximum atomic E-state index is 11.0. The Morgan fingerprint density at radius 1 is 1.47 bits per heavy atom. The lowest BCUT2D eigenvalue weighted by Gasteiger charge is -1.90. The average molecular weight is 208 g/mol. The average Bonchev–Trinajstić information content (AvgIpc) is 2.84. The van der Waals surface area contributed by atoms with Crippen LogP contribution in [0.2, 0.25) is 0 Å². The van der Waals surface area contributed by atoms with Gasteiger partial charge >= 0.3 is 11.9 Å². The second-order valence-corrected chi connectivity index (χ2v) is 2.84. The number of hydrogen-bond donors (Lipinski definition) is 0. The largest absolute Gasteiger partial charge is 0.462 e. The first kappa shape index (κ1) is 9.45. The zero-order valence-corrected chi connectivity index (χ0v) is 8.18. The second-order valence-electron chi connectivity index (χ2n) is 2.84. The number of carbonyl (C=O) groups excluding carboxylic acids is 1. The van der Waals surface area contributed by atoms with E-state index in [1.807, 2.05) is 6.92 Å². The Bertz CT molecular complexity index is 486. The van der Waals surface area contributed by atoms with Crippen LogP contribution in [0.1, 0.15) is 16.2 Å². The van der Waals surface area contributed by atoms with E-state index in [0.29, 0.717) is 5.76 Å². The number of ether oxygens (including phenoxy) is 1. The third kappa shape index (κ3) is 1.61. The Hall–Kier alpha value is -2.11. The number of aryl methyl sites for hydroxylation is 1. The summed E-state index contributed by atoms with van der Waals surface area (Å²) in [5, 5.41) is 7.21. The number of furan rings is 1. The molecule has 2 heterocycles. The van der Waals surface area contributed by atoms with Crippen LogP contribution >= 0.6 is 0 Å². The third-order valence-corrected chi connectivity index (χ3v) is 1.84. The quantitative estimate of drug-likeness (QED) is 0.694. The fourth-order valence-electron chi connectivity index (χ4n) is 1.08. The van der Waals surface area contributed by atoms with E-state index < -0.39 is 5.97 Å². The second kappa shape index (κ2) is 3.56. The first-order chi connectivity index (χ1) is 7.22. The first-order valence-electron chi connectivity index (χ1n) is 4.18. The van der Waals surface area contributed by atoms with E-state index in [9.17, 15) is 4.79 Å². The van der Waals surface area contributed by atoms with E-state index >= 15 is 0 Å². The number of hydrogen-bond acceptors (Lipinski definition) is 6. The van der Waals surface area contributed by atoms with Gasteiger partial charge in [0.25, 0.3) is 5.89 Å².